The minimum Gasteiger partial charge on any atom is -0.379 e. The standard InChI is InChI=1S/C19H22FN5O3S/c1-12-8-14(20)17-13(16(12)18-21-11-24(2)23-18)9-15(22-17)29(26,27)25-6-3-4-19(25)5-7-28-10-19/h8-9,11,22H,3-7,10H2,1-2H3. The Hall–Kier alpha value is -2.30. The SMILES string of the molecule is Cc1cc(F)c2[nH]c(S(=O)(=O)N3CCCC34CCOC4)cc2c1-c1ncn(C)n1. The van der Waals surface area contributed by atoms with Crippen molar-refractivity contribution in [1.82, 2.24) is 24.1 Å². The molecule has 0 bridgehead atoms. The van der Waals surface area contributed by atoms with Crippen LogP contribution in [0.15, 0.2) is 23.5 Å². The zero-order chi connectivity index (χ0) is 20.4. The van der Waals surface area contributed by atoms with Crippen LogP contribution >= 0.6 is 0 Å². The number of fused-ring (bicyclic) bond motifs is 1. The summed E-state index contributed by atoms with van der Waals surface area (Å²) in [6.07, 6.45) is 3.81. The van der Waals surface area contributed by atoms with Gasteiger partial charge < -0.3 is 9.72 Å². The summed E-state index contributed by atoms with van der Waals surface area (Å²) in [4.78, 5) is 7.10. The van der Waals surface area contributed by atoms with E-state index in [4.69, 9.17) is 4.74 Å². The van der Waals surface area contributed by atoms with Gasteiger partial charge in [-0.25, -0.2) is 17.8 Å². The third kappa shape index (κ3) is 2.73. The van der Waals surface area contributed by atoms with Crippen LogP contribution in [0.1, 0.15) is 24.8 Å². The van der Waals surface area contributed by atoms with Crippen molar-refractivity contribution in [2.24, 2.45) is 7.05 Å². The highest BCUT2D eigenvalue weighted by molar-refractivity contribution is 7.89. The number of H-pyrrole nitrogens is 1. The van der Waals surface area contributed by atoms with Crippen LogP contribution in [0.3, 0.4) is 0 Å². The summed E-state index contributed by atoms with van der Waals surface area (Å²) in [5.41, 5.74) is 0.925. The summed E-state index contributed by atoms with van der Waals surface area (Å²) in [5, 5.41) is 4.77. The lowest BCUT2D eigenvalue weighted by Gasteiger charge is -2.32. The molecule has 0 saturated carbocycles. The van der Waals surface area contributed by atoms with Crippen LogP contribution in [-0.4, -0.2) is 57.8 Å². The summed E-state index contributed by atoms with van der Waals surface area (Å²) >= 11 is 0. The number of halogens is 1. The van der Waals surface area contributed by atoms with Gasteiger partial charge in [-0.1, -0.05) is 0 Å². The zero-order valence-corrected chi connectivity index (χ0v) is 17.1. The summed E-state index contributed by atoms with van der Waals surface area (Å²) in [6, 6.07) is 2.89. The first-order valence-electron chi connectivity index (χ1n) is 9.60. The van der Waals surface area contributed by atoms with Gasteiger partial charge in [0, 0.05) is 31.1 Å². The zero-order valence-electron chi connectivity index (χ0n) is 16.3. The van der Waals surface area contributed by atoms with Gasteiger partial charge in [-0.15, -0.1) is 0 Å². The number of hydrogen-bond donors (Lipinski definition) is 1. The first-order chi connectivity index (χ1) is 13.8. The molecule has 1 aromatic carbocycles. The molecular weight excluding hydrogens is 397 g/mol. The van der Waals surface area contributed by atoms with Crippen LogP contribution in [-0.2, 0) is 21.8 Å². The van der Waals surface area contributed by atoms with Gasteiger partial charge in [-0.3, -0.25) is 4.68 Å². The molecule has 1 N–H and O–H groups in total. The molecule has 1 unspecified atom stereocenters. The highest BCUT2D eigenvalue weighted by Gasteiger charge is 2.50. The number of aryl methyl sites for hydroxylation is 2. The average Bonchev–Trinajstić information content (AvgIpc) is 3.44. The van der Waals surface area contributed by atoms with Gasteiger partial charge in [0.15, 0.2) is 5.82 Å². The van der Waals surface area contributed by atoms with Crippen LogP contribution in [0.25, 0.3) is 22.3 Å². The van der Waals surface area contributed by atoms with Crippen LogP contribution in [0, 0.1) is 12.7 Å². The molecule has 2 aliphatic rings. The molecule has 2 aromatic heterocycles. The van der Waals surface area contributed by atoms with E-state index in [-0.39, 0.29) is 10.5 Å². The molecule has 1 spiro atoms. The van der Waals surface area contributed by atoms with Gasteiger partial charge in [-0.2, -0.15) is 9.40 Å². The van der Waals surface area contributed by atoms with E-state index in [1.807, 2.05) is 0 Å². The lowest BCUT2D eigenvalue weighted by atomic mass is 9.97. The summed E-state index contributed by atoms with van der Waals surface area (Å²) in [7, 11) is -2.08. The van der Waals surface area contributed by atoms with Crippen molar-refractivity contribution in [1.29, 1.82) is 0 Å². The Kier molecular flexibility index (Phi) is 4.10. The van der Waals surface area contributed by atoms with Gasteiger partial charge in [0.1, 0.15) is 17.2 Å². The Labute approximate surface area is 167 Å². The molecular formula is C19H22FN5O3S. The largest absolute Gasteiger partial charge is 0.379 e. The Bertz CT molecular complexity index is 1200. The molecule has 3 aromatic rings. The summed E-state index contributed by atoms with van der Waals surface area (Å²) in [6.45, 7) is 3.17. The minimum atomic E-state index is -3.83. The number of aromatic nitrogens is 4. The van der Waals surface area contributed by atoms with E-state index < -0.39 is 21.4 Å². The maximum atomic E-state index is 14.7. The Morgan fingerprint density at radius 2 is 2.14 bits per heavy atom. The minimum absolute atomic E-state index is 0.0117. The van der Waals surface area contributed by atoms with Crippen LogP contribution < -0.4 is 0 Å². The topological polar surface area (TPSA) is 93.1 Å². The second-order valence-electron chi connectivity index (χ2n) is 7.92. The fourth-order valence-corrected chi connectivity index (χ4v) is 6.50. The maximum absolute atomic E-state index is 14.7. The van der Waals surface area contributed by atoms with Gasteiger partial charge in [-0.05, 0) is 43.9 Å². The summed E-state index contributed by atoms with van der Waals surface area (Å²) < 4.78 is 50.3. The molecule has 4 heterocycles. The Balaban J connectivity index is 1.68. The smallest absolute Gasteiger partial charge is 0.259 e. The molecule has 0 amide bonds. The Morgan fingerprint density at radius 1 is 1.31 bits per heavy atom. The highest BCUT2D eigenvalue weighted by atomic mass is 32.2. The first kappa shape index (κ1) is 18.7. The van der Waals surface area contributed by atoms with E-state index >= 15 is 0 Å². The number of ether oxygens (including phenoxy) is 1. The maximum Gasteiger partial charge on any atom is 0.259 e. The van der Waals surface area contributed by atoms with E-state index in [0.717, 1.165) is 12.8 Å². The number of hydrogen-bond acceptors (Lipinski definition) is 5. The second-order valence-corrected chi connectivity index (χ2v) is 9.75. The molecule has 2 fully saturated rings. The van der Waals surface area contributed by atoms with E-state index in [2.05, 4.69) is 15.1 Å². The van der Waals surface area contributed by atoms with Gasteiger partial charge in [0.2, 0.25) is 0 Å². The molecule has 10 heteroatoms. The van der Waals surface area contributed by atoms with E-state index in [0.29, 0.717) is 48.5 Å². The molecule has 8 nitrogen and oxygen atoms in total. The van der Waals surface area contributed by atoms with Crippen LogP contribution in [0.5, 0.6) is 0 Å². The summed E-state index contributed by atoms with van der Waals surface area (Å²) in [5.74, 6) is -0.0706. The fraction of sp³-hybridized carbons (Fsp3) is 0.474. The Morgan fingerprint density at radius 3 is 2.83 bits per heavy atom. The lowest BCUT2D eigenvalue weighted by molar-refractivity contribution is 0.147. The van der Waals surface area contributed by atoms with Crippen molar-refractivity contribution >= 4 is 20.9 Å². The third-order valence-electron chi connectivity index (χ3n) is 6.04. The first-order valence-corrected chi connectivity index (χ1v) is 11.0. The van der Waals surface area contributed by atoms with E-state index in [1.165, 1.54) is 12.1 Å². The number of nitrogens with one attached hydrogen (secondary N) is 1. The number of benzene rings is 1. The number of nitrogens with zero attached hydrogens (tertiary/aromatic N) is 4. The van der Waals surface area contributed by atoms with Crippen LogP contribution in [0.2, 0.25) is 0 Å². The predicted octanol–water partition coefficient (Wildman–Crippen LogP) is 2.35. The van der Waals surface area contributed by atoms with E-state index in [9.17, 15) is 12.8 Å². The van der Waals surface area contributed by atoms with Crippen molar-refractivity contribution in [2.45, 2.75) is 36.8 Å². The number of sulfonamides is 1. The van der Waals surface area contributed by atoms with Crippen molar-refractivity contribution in [3.63, 3.8) is 0 Å². The molecule has 154 valence electrons. The number of rotatable bonds is 3. The monoisotopic (exact) mass is 419 g/mol. The van der Waals surface area contributed by atoms with Crippen molar-refractivity contribution in [2.75, 3.05) is 19.8 Å². The fourth-order valence-electron chi connectivity index (χ4n) is 4.65. The molecule has 0 radical (unpaired) electrons. The molecule has 29 heavy (non-hydrogen) atoms. The van der Waals surface area contributed by atoms with Crippen molar-refractivity contribution in [3.8, 4) is 11.4 Å². The van der Waals surface area contributed by atoms with Crippen molar-refractivity contribution < 1.29 is 17.5 Å². The molecule has 2 aliphatic heterocycles. The quantitative estimate of drug-likeness (QED) is 0.704. The highest BCUT2D eigenvalue weighted by Crippen LogP contribution is 2.41. The molecule has 1 atom stereocenters. The van der Waals surface area contributed by atoms with Gasteiger partial charge in [0.25, 0.3) is 10.0 Å². The van der Waals surface area contributed by atoms with Crippen LogP contribution in [0.4, 0.5) is 4.39 Å². The number of aromatic amines is 1. The molecule has 2 saturated heterocycles. The van der Waals surface area contributed by atoms with Gasteiger partial charge in [0.05, 0.1) is 17.7 Å². The van der Waals surface area contributed by atoms with Crippen molar-refractivity contribution in [3.05, 3.63) is 29.8 Å². The third-order valence-corrected chi connectivity index (χ3v) is 7.97. The van der Waals surface area contributed by atoms with E-state index in [1.54, 1.807) is 29.3 Å². The molecule has 5 rings (SSSR count). The lowest BCUT2D eigenvalue weighted by Crippen LogP contribution is -2.47. The second kappa shape index (κ2) is 6.35. The normalized spacial score (nSPS) is 23.0. The molecule has 0 aliphatic carbocycles. The predicted molar refractivity (Wildman–Crippen MR) is 104 cm³/mol. The average molecular weight is 419 g/mol. The van der Waals surface area contributed by atoms with Gasteiger partial charge >= 0.3 is 0 Å².